The molecular formula is C26H27N2+. The maximum Gasteiger partial charge on any atom is 0.211 e. The molecule has 0 spiro atoms. The lowest BCUT2D eigenvalue weighted by atomic mass is 10.0. The van der Waals surface area contributed by atoms with Crippen molar-refractivity contribution in [2.75, 3.05) is 19.0 Å². The van der Waals surface area contributed by atoms with Gasteiger partial charge in [0.2, 0.25) is 5.69 Å². The Morgan fingerprint density at radius 2 is 1.61 bits per heavy atom. The highest BCUT2D eigenvalue weighted by Crippen LogP contribution is 2.34. The summed E-state index contributed by atoms with van der Waals surface area (Å²) in [6.07, 6.45) is 10.1. The first-order chi connectivity index (χ1) is 13.5. The molecule has 0 fully saturated rings. The van der Waals surface area contributed by atoms with Gasteiger partial charge in [0, 0.05) is 45.8 Å². The van der Waals surface area contributed by atoms with Crippen LogP contribution in [0.2, 0.25) is 0 Å². The van der Waals surface area contributed by atoms with E-state index in [0.717, 1.165) is 6.42 Å². The third-order valence-corrected chi connectivity index (χ3v) is 5.52. The van der Waals surface area contributed by atoms with Crippen molar-refractivity contribution in [1.29, 1.82) is 0 Å². The van der Waals surface area contributed by atoms with Crippen LogP contribution in [-0.4, -0.2) is 24.4 Å². The lowest BCUT2D eigenvalue weighted by Gasteiger charge is -2.12. The Hall–Kier alpha value is -3.13. The fraction of sp³-hybridized carbons (Fsp3) is 0.192. The number of fused-ring (bicyclic) bond motifs is 1. The van der Waals surface area contributed by atoms with Gasteiger partial charge in [-0.15, -0.1) is 0 Å². The number of nitrogens with zero attached hydrogens (tertiary/aromatic N) is 2. The van der Waals surface area contributed by atoms with E-state index >= 15 is 0 Å². The predicted molar refractivity (Wildman–Crippen MR) is 120 cm³/mol. The average molecular weight is 368 g/mol. The van der Waals surface area contributed by atoms with Crippen molar-refractivity contribution < 1.29 is 4.58 Å². The van der Waals surface area contributed by atoms with E-state index in [1.807, 2.05) is 0 Å². The van der Waals surface area contributed by atoms with Crippen LogP contribution in [-0.2, 0) is 0 Å². The van der Waals surface area contributed by atoms with Crippen LogP contribution < -0.4 is 4.90 Å². The van der Waals surface area contributed by atoms with Gasteiger partial charge in [0.1, 0.15) is 0 Å². The van der Waals surface area contributed by atoms with Gasteiger partial charge in [0.05, 0.1) is 11.1 Å². The summed E-state index contributed by atoms with van der Waals surface area (Å²) in [4.78, 5) is 2.13. The summed E-state index contributed by atoms with van der Waals surface area (Å²) in [5.41, 5.74) is 10.3. The van der Waals surface area contributed by atoms with E-state index in [2.05, 4.69) is 116 Å². The highest BCUT2D eigenvalue weighted by Gasteiger charge is 2.32. The Bertz CT molecular complexity index is 1040. The highest BCUT2D eigenvalue weighted by atomic mass is 15.1. The summed E-state index contributed by atoms with van der Waals surface area (Å²) in [5.74, 6) is 0. The SMILES string of the molecule is CC1=C2C=CC(=Cc3ccc(N(C)C)cc3)CC=C2C(C)=[N+]1c1ccccc1. The number of hydrogen-bond donors (Lipinski definition) is 0. The summed E-state index contributed by atoms with van der Waals surface area (Å²) in [7, 11) is 4.14. The topological polar surface area (TPSA) is 6.25 Å². The second-order valence-corrected chi connectivity index (χ2v) is 7.62. The first-order valence-corrected chi connectivity index (χ1v) is 9.81. The van der Waals surface area contributed by atoms with Gasteiger partial charge in [-0.1, -0.05) is 48.6 Å². The maximum absolute atomic E-state index is 2.37. The number of rotatable bonds is 3. The van der Waals surface area contributed by atoms with Crippen molar-refractivity contribution in [3.8, 4) is 0 Å². The van der Waals surface area contributed by atoms with Crippen LogP contribution in [0.5, 0.6) is 0 Å². The third-order valence-electron chi connectivity index (χ3n) is 5.52. The fourth-order valence-electron chi connectivity index (χ4n) is 3.98. The molecule has 1 aliphatic carbocycles. The lowest BCUT2D eigenvalue weighted by molar-refractivity contribution is -0.379. The molecule has 28 heavy (non-hydrogen) atoms. The van der Waals surface area contributed by atoms with Gasteiger partial charge < -0.3 is 4.90 Å². The Labute approximate surface area is 168 Å². The Kier molecular flexibility index (Phi) is 4.87. The zero-order valence-electron chi connectivity index (χ0n) is 17.1. The van der Waals surface area contributed by atoms with Gasteiger partial charge in [-0.25, -0.2) is 0 Å². The van der Waals surface area contributed by atoms with Crippen LogP contribution in [0, 0.1) is 0 Å². The van der Waals surface area contributed by atoms with Gasteiger partial charge in [-0.2, -0.15) is 4.58 Å². The molecule has 0 saturated carbocycles. The number of benzene rings is 2. The molecule has 2 aromatic carbocycles. The molecule has 1 aliphatic heterocycles. The smallest absolute Gasteiger partial charge is 0.211 e. The van der Waals surface area contributed by atoms with Crippen LogP contribution >= 0.6 is 0 Å². The molecule has 0 bridgehead atoms. The van der Waals surface area contributed by atoms with Crippen LogP contribution in [0.4, 0.5) is 11.4 Å². The summed E-state index contributed by atoms with van der Waals surface area (Å²) >= 11 is 0. The molecule has 4 rings (SSSR count). The minimum atomic E-state index is 0.942. The monoisotopic (exact) mass is 367 g/mol. The molecule has 2 nitrogen and oxygen atoms in total. The van der Waals surface area contributed by atoms with E-state index in [-0.39, 0.29) is 0 Å². The number of para-hydroxylation sites is 1. The van der Waals surface area contributed by atoms with Crippen LogP contribution in [0.25, 0.3) is 6.08 Å². The van der Waals surface area contributed by atoms with Crippen LogP contribution in [0.15, 0.2) is 95.2 Å². The third kappa shape index (κ3) is 3.38. The molecule has 0 unspecified atom stereocenters. The van der Waals surface area contributed by atoms with E-state index in [1.165, 1.54) is 45.1 Å². The predicted octanol–water partition coefficient (Wildman–Crippen LogP) is 6.12. The maximum atomic E-state index is 2.37. The number of anilines is 1. The van der Waals surface area contributed by atoms with E-state index in [0.29, 0.717) is 0 Å². The first kappa shape index (κ1) is 18.2. The molecule has 0 aromatic heterocycles. The lowest BCUT2D eigenvalue weighted by Crippen LogP contribution is -2.07. The summed E-state index contributed by atoms with van der Waals surface area (Å²) < 4.78 is 2.36. The van der Waals surface area contributed by atoms with Gasteiger partial charge in [-0.05, 0) is 35.8 Å². The number of allylic oxidation sites excluding steroid dienone is 7. The molecule has 140 valence electrons. The Morgan fingerprint density at radius 1 is 0.893 bits per heavy atom. The minimum absolute atomic E-state index is 0.942. The molecule has 0 N–H and O–H groups in total. The van der Waals surface area contributed by atoms with Gasteiger partial charge in [-0.3, -0.25) is 0 Å². The zero-order valence-corrected chi connectivity index (χ0v) is 17.1. The summed E-state index contributed by atoms with van der Waals surface area (Å²) in [6.45, 7) is 4.43. The summed E-state index contributed by atoms with van der Waals surface area (Å²) in [6, 6.07) is 19.3. The Balaban J connectivity index is 1.65. The van der Waals surface area contributed by atoms with Crippen LogP contribution in [0.1, 0.15) is 25.8 Å². The van der Waals surface area contributed by atoms with Crippen LogP contribution in [0.3, 0.4) is 0 Å². The largest absolute Gasteiger partial charge is 0.378 e. The molecule has 2 heteroatoms. The van der Waals surface area contributed by atoms with E-state index < -0.39 is 0 Å². The number of hydrogen-bond acceptors (Lipinski definition) is 1. The second-order valence-electron chi connectivity index (χ2n) is 7.62. The molecule has 2 aliphatic rings. The van der Waals surface area contributed by atoms with E-state index in [9.17, 15) is 0 Å². The van der Waals surface area contributed by atoms with Gasteiger partial charge in [0.25, 0.3) is 0 Å². The van der Waals surface area contributed by atoms with Crippen molar-refractivity contribution in [2.45, 2.75) is 20.3 Å². The van der Waals surface area contributed by atoms with Crippen molar-refractivity contribution in [1.82, 2.24) is 0 Å². The average Bonchev–Trinajstić information content (AvgIpc) is 2.84. The Morgan fingerprint density at radius 3 is 2.29 bits per heavy atom. The summed E-state index contributed by atoms with van der Waals surface area (Å²) in [5, 5.41) is 0. The molecular weight excluding hydrogens is 340 g/mol. The van der Waals surface area contributed by atoms with Crippen molar-refractivity contribution >= 4 is 23.2 Å². The minimum Gasteiger partial charge on any atom is -0.378 e. The fourth-order valence-corrected chi connectivity index (χ4v) is 3.98. The van der Waals surface area contributed by atoms with E-state index in [4.69, 9.17) is 0 Å². The normalized spacial score (nSPS) is 17.7. The van der Waals surface area contributed by atoms with Gasteiger partial charge >= 0.3 is 0 Å². The second kappa shape index (κ2) is 7.47. The standard InChI is InChI=1S/C26H27N2/c1-19-25-16-12-22(18-21-10-14-23(15-11-21)27(3)4)13-17-26(25)20(2)28(19)24-8-6-5-7-9-24/h5-12,14-18H,13H2,1-4H3/q+1. The van der Waals surface area contributed by atoms with Crippen molar-refractivity contribution in [3.05, 3.63) is 101 Å². The molecule has 0 amide bonds. The highest BCUT2D eigenvalue weighted by molar-refractivity contribution is 6.02. The molecule has 1 heterocycles. The molecule has 0 radical (unpaired) electrons. The molecule has 0 atom stereocenters. The van der Waals surface area contributed by atoms with Gasteiger partial charge in [0.15, 0.2) is 11.4 Å². The first-order valence-electron chi connectivity index (χ1n) is 9.81. The van der Waals surface area contributed by atoms with Crippen molar-refractivity contribution in [2.24, 2.45) is 0 Å². The quantitative estimate of drug-likeness (QED) is 0.593. The zero-order chi connectivity index (χ0) is 19.7. The molecule has 2 aromatic rings. The van der Waals surface area contributed by atoms with Crippen molar-refractivity contribution in [3.63, 3.8) is 0 Å². The van der Waals surface area contributed by atoms with E-state index in [1.54, 1.807) is 0 Å². The molecule has 0 saturated heterocycles.